The molecule has 13 heavy (non-hydrogen) atoms. The van der Waals surface area contributed by atoms with Gasteiger partial charge in [-0.15, -0.1) is 0 Å². The molecule has 0 radical (unpaired) electrons. The maximum atomic E-state index is 5.53. The standard InChI is InChI=1S/C8H12N4S/c9-5-6-3-1-2-4-7(6)11-8(13)12-10/h1-4H,5,9-10H2,(H2,11,12,13). The lowest BCUT2D eigenvalue weighted by Gasteiger charge is -2.10. The van der Waals surface area contributed by atoms with Crippen LogP contribution in [-0.4, -0.2) is 5.11 Å². The third kappa shape index (κ3) is 2.66. The van der Waals surface area contributed by atoms with E-state index in [2.05, 4.69) is 10.7 Å². The van der Waals surface area contributed by atoms with Gasteiger partial charge in [0.25, 0.3) is 0 Å². The average molecular weight is 196 g/mol. The van der Waals surface area contributed by atoms with E-state index in [0.717, 1.165) is 11.3 Å². The summed E-state index contributed by atoms with van der Waals surface area (Å²) in [6.45, 7) is 0.469. The van der Waals surface area contributed by atoms with Crippen LogP contribution >= 0.6 is 12.2 Å². The molecule has 0 amide bonds. The van der Waals surface area contributed by atoms with Gasteiger partial charge in [0.1, 0.15) is 0 Å². The zero-order valence-electron chi connectivity index (χ0n) is 7.08. The molecule has 70 valence electrons. The van der Waals surface area contributed by atoms with Crippen molar-refractivity contribution < 1.29 is 0 Å². The van der Waals surface area contributed by atoms with Gasteiger partial charge < -0.3 is 16.5 Å². The van der Waals surface area contributed by atoms with Crippen LogP contribution in [-0.2, 0) is 6.54 Å². The van der Waals surface area contributed by atoms with E-state index in [0.29, 0.717) is 11.7 Å². The normalized spacial score (nSPS) is 9.38. The second-order valence-corrected chi connectivity index (χ2v) is 2.87. The predicted octanol–water partition coefficient (Wildman–Crippen LogP) is 0.305. The number of thiocarbonyl (C=S) groups is 1. The van der Waals surface area contributed by atoms with Gasteiger partial charge in [-0.25, -0.2) is 5.84 Å². The molecule has 0 aliphatic heterocycles. The quantitative estimate of drug-likeness (QED) is 0.311. The van der Waals surface area contributed by atoms with Gasteiger partial charge in [-0.3, -0.25) is 0 Å². The molecule has 0 heterocycles. The summed E-state index contributed by atoms with van der Waals surface area (Å²) in [5.41, 5.74) is 9.76. The van der Waals surface area contributed by atoms with Crippen LogP contribution in [0.15, 0.2) is 24.3 Å². The highest BCUT2D eigenvalue weighted by Gasteiger charge is 1.99. The second kappa shape index (κ2) is 4.76. The molecule has 1 aromatic carbocycles. The Morgan fingerprint density at radius 3 is 2.69 bits per heavy atom. The molecular weight excluding hydrogens is 184 g/mol. The molecule has 0 aliphatic rings. The lowest BCUT2D eigenvalue weighted by atomic mass is 10.2. The van der Waals surface area contributed by atoms with Gasteiger partial charge in [0.2, 0.25) is 0 Å². The van der Waals surface area contributed by atoms with Crippen LogP contribution in [0.3, 0.4) is 0 Å². The topological polar surface area (TPSA) is 76.1 Å². The first-order valence-corrected chi connectivity index (χ1v) is 4.24. The van der Waals surface area contributed by atoms with Crippen LogP contribution < -0.4 is 22.3 Å². The molecule has 0 aromatic heterocycles. The van der Waals surface area contributed by atoms with Crippen molar-refractivity contribution in [2.45, 2.75) is 6.54 Å². The minimum atomic E-state index is 0.376. The van der Waals surface area contributed by atoms with Crippen molar-refractivity contribution in [3.05, 3.63) is 29.8 Å². The molecule has 0 bridgehead atoms. The summed E-state index contributed by atoms with van der Waals surface area (Å²) in [7, 11) is 0. The summed E-state index contributed by atoms with van der Waals surface area (Å²) in [5, 5.41) is 3.30. The van der Waals surface area contributed by atoms with Crippen molar-refractivity contribution in [1.29, 1.82) is 0 Å². The van der Waals surface area contributed by atoms with Crippen molar-refractivity contribution in [2.75, 3.05) is 5.32 Å². The number of nitrogens with one attached hydrogen (secondary N) is 2. The van der Waals surface area contributed by atoms with Crippen LogP contribution in [0.2, 0.25) is 0 Å². The van der Waals surface area contributed by atoms with Gasteiger partial charge >= 0.3 is 0 Å². The van der Waals surface area contributed by atoms with Crippen molar-refractivity contribution in [2.24, 2.45) is 11.6 Å². The van der Waals surface area contributed by atoms with Crippen molar-refractivity contribution in [1.82, 2.24) is 5.43 Å². The first-order chi connectivity index (χ1) is 6.27. The Hall–Kier alpha value is -1.17. The Kier molecular flexibility index (Phi) is 3.63. The number of hydrogen-bond donors (Lipinski definition) is 4. The first kappa shape index (κ1) is 9.91. The number of nitrogens with two attached hydrogens (primary N) is 2. The minimum Gasteiger partial charge on any atom is -0.331 e. The number of rotatable bonds is 2. The van der Waals surface area contributed by atoms with Gasteiger partial charge in [-0.2, -0.15) is 0 Å². The van der Waals surface area contributed by atoms with Gasteiger partial charge in [0.15, 0.2) is 5.11 Å². The summed E-state index contributed by atoms with van der Waals surface area (Å²) in [6.07, 6.45) is 0. The Bertz CT molecular complexity index is 300. The highest BCUT2D eigenvalue weighted by molar-refractivity contribution is 7.80. The lowest BCUT2D eigenvalue weighted by molar-refractivity contribution is 1.04. The molecule has 1 aromatic rings. The summed E-state index contributed by atoms with van der Waals surface area (Å²) < 4.78 is 0. The van der Waals surface area contributed by atoms with E-state index in [1.54, 1.807) is 0 Å². The number of hydrazine groups is 1. The molecule has 0 saturated heterocycles. The van der Waals surface area contributed by atoms with Crippen molar-refractivity contribution in [3.8, 4) is 0 Å². The molecule has 0 aliphatic carbocycles. The zero-order valence-corrected chi connectivity index (χ0v) is 7.90. The van der Waals surface area contributed by atoms with E-state index in [1.165, 1.54) is 0 Å². The van der Waals surface area contributed by atoms with E-state index in [-0.39, 0.29) is 0 Å². The molecule has 6 N–H and O–H groups in total. The summed E-state index contributed by atoms with van der Waals surface area (Å²) in [6, 6.07) is 7.65. The lowest BCUT2D eigenvalue weighted by Crippen LogP contribution is -2.34. The van der Waals surface area contributed by atoms with Gasteiger partial charge in [-0.05, 0) is 23.8 Å². The molecule has 0 spiro atoms. The third-order valence-corrected chi connectivity index (χ3v) is 1.84. The fourth-order valence-electron chi connectivity index (χ4n) is 0.979. The van der Waals surface area contributed by atoms with E-state index in [1.807, 2.05) is 24.3 Å². The van der Waals surface area contributed by atoms with Crippen molar-refractivity contribution in [3.63, 3.8) is 0 Å². The highest BCUT2D eigenvalue weighted by Crippen LogP contribution is 2.13. The predicted molar refractivity (Wildman–Crippen MR) is 57.9 cm³/mol. The van der Waals surface area contributed by atoms with Crippen molar-refractivity contribution >= 4 is 23.0 Å². The van der Waals surface area contributed by atoms with Crippen LogP contribution in [0.5, 0.6) is 0 Å². The minimum absolute atomic E-state index is 0.376. The Balaban J connectivity index is 2.81. The maximum Gasteiger partial charge on any atom is 0.185 e. The fraction of sp³-hybridized carbons (Fsp3) is 0.125. The number of anilines is 1. The maximum absolute atomic E-state index is 5.53. The van der Waals surface area contributed by atoms with Crippen LogP contribution in [0, 0.1) is 0 Å². The largest absolute Gasteiger partial charge is 0.331 e. The van der Waals surface area contributed by atoms with E-state index < -0.39 is 0 Å². The number of para-hydroxylation sites is 1. The van der Waals surface area contributed by atoms with E-state index in [9.17, 15) is 0 Å². The highest BCUT2D eigenvalue weighted by atomic mass is 32.1. The second-order valence-electron chi connectivity index (χ2n) is 2.46. The summed E-state index contributed by atoms with van der Waals surface area (Å²) in [4.78, 5) is 0. The van der Waals surface area contributed by atoms with E-state index in [4.69, 9.17) is 23.8 Å². The monoisotopic (exact) mass is 196 g/mol. The number of benzene rings is 1. The van der Waals surface area contributed by atoms with Crippen LogP contribution in [0.4, 0.5) is 5.69 Å². The molecular formula is C8H12N4S. The smallest absolute Gasteiger partial charge is 0.185 e. The summed E-state index contributed by atoms with van der Waals surface area (Å²) >= 11 is 4.86. The molecule has 1 rings (SSSR count). The van der Waals surface area contributed by atoms with Gasteiger partial charge in [0, 0.05) is 12.2 Å². The first-order valence-electron chi connectivity index (χ1n) is 3.83. The van der Waals surface area contributed by atoms with Crippen LogP contribution in [0.25, 0.3) is 0 Å². The number of hydrogen-bond acceptors (Lipinski definition) is 3. The zero-order chi connectivity index (χ0) is 9.68. The van der Waals surface area contributed by atoms with Gasteiger partial charge in [-0.1, -0.05) is 18.2 Å². The summed E-state index contributed by atoms with van der Waals surface area (Å²) in [5.74, 6) is 5.13. The van der Waals surface area contributed by atoms with E-state index >= 15 is 0 Å². The Labute approximate surface area is 82.3 Å². The van der Waals surface area contributed by atoms with Gasteiger partial charge in [0.05, 0.1) is 0 Å². The molecule has 0 saturated carbocycles. The van der Waals surface area contributed by atoms with Crippen LogP contribution in [0.1, 0.15) is 5.56 Å². The molecule has 5 heteroatoms. The molecule has 4 nitrogen and oxygen atoms in total. The Morgan fingerprint density at radius 1 is 1.38 bits per heavy atom. The average Bonchev–Trinajstić information content (AvgIpc) is 2.18. The molecule has 0 fully saturated rings. The third-order valence-electron chi connectivity index (χ3n) is 1.62. The SMILES string of the molecule is NCc1ccccc1NC(=S)NN. The fourth-order valence-corrected chi connectivity index (χ4v) is 1.09. The molecule has 0 unspecified atom stereocenters. The molecule has 0 atom stereocenters. The Morgan fingerprint density at radius 2 is 2.08 bits per heavy atom.